The van der Waals surface area contributed by atoms with Crippen molar-refractivity contribution in [3.63, 3.8) is 0 Å². The Hall–Kier alpha value is -1.97. The lowest BCUT2D eigenvalue weighted by Gasteiger charge is -2.20. The van der Waals surface area contributed by atoms with Gasteiger partial charge in [-0.15, -0.1) is 6.58 Å². The number of carbonyl (C=O) groups excluding carboxylic acids is 1. The number of hydrogen-bond acceptors (Lipinski definition) is 3. The van der Waals surface area contributed by atoms with Crippen LogP contribution in [0.4, 0.5) is 0 Å². The zero-order valence-electron chi connectivity index (χ0n) is 12.7. The van der Waals surface area contributed by atoms with Crippen LogP contribution in [0.1, 0.15) is 31.1 Å². The lowest BCUT2D eigenvalue weighted by molar-refractivity contribution is 0.0769. The number of allylic oxidation sites excluding steroid dienone is 1. The van der Waals surface area contributed by atoms with Crippen molar-refractivity contribution >= 4 is 5.91 Å². The first-order chi connectivity index (χ1) is 9.51. The van der Waals surface area contributed by atoms with Gasteiger partial charge in [-0.3, -0.25) is 4.79 Å². The molecule has 0 aliphatic heterocycles. The molecule has 4 nitrogen and oxygen atoms in total. The van der Waals surface area contributed by atoms with E-state index < -0.39 is 0 Å². The highest BCUT2D eigenvalue weighted by Crippen LogP contribution is 2.32. The van der Waals surface area contributed by atoms with Crippen LogP contribution in [0.2, 0.25) is 0 Å². The molecule has 4 heteroatoms. The molecule has 1 rings (SSSR count). The highest BCUT2D eigenvalue weighted by atomic mass is 16.5. The second kappa shape index (κ2) is 6.83. The average molecular weight is 264 g/mol. The summed E-state index contributed by atoms with van der Waals surface area (Å²) in [6, 6.07) is 1.42. The fourth-order valence-electron chi connectivity index (χ4n) is 1.92. The molecule has 0 aromatic heterocycles. The van der Waals surface area contributed by atoms with Crippen molar-refractivity contribution in [3.8, 4) is 11.5 Å². The molecular formula is C15H21NO3. The molecule has 0 radical (unpaired) electrons. The second-order valence-electron chi connectivity index (χ2n) is 4.03. The Morgan fingerprint density at radius 3 is 2.68 bits per heavy atom. The molecule has 1 amide bonds. The molecule has 1 aromatic carbocycles. The minimum absolute atomic E-state index is 0.0198. The van der Waals surface area contributed by atoms with E-state index in [4.69, 9.17) is 6.11 Å². The summed E-state index contributed by atoms with van der Waals surface area (Å²) in [7, 11) is 1.46. The van der Waals surface area contributed by atoms with Crippen molar-refractivity contribution in [2.75, 3.05) is 20.2 Å². The number of phenolic OH excluding ortho intramolecular Hbond substituents is 1. The van der Waals surface area contributed by atoms with Gasteiger partial charge in [0.05, 0.1) is 14.0 Å². The van der Waals surface area contributed by atoms with Crippen LogP contribution < -0.4 is 4.74 Å². The Morgan fingerprint density at radius 1 is 1.58 bits per heavy atom. The van der Waals surface area contributed by atoms with Gasteiger partial charge in [-0.25, -0.2) is 0 Å². The summed E-state index contributed by atoms with van der Waals surface area (Å²) in [5, 5.41) is 10.3. The van der Waals surface area contributed by atoms with Crippen molar-refractivity contribution in [1.82, 2.24) is 4.90 Å². The monoisotopic (exact) mass is 264 g/mol. The third-order valence-corrected chi connectivity index (χ3v) is 3.00. The van der Waals surface area contributed by atoms with Crippen LogP contribution in [0, 0.1) is 0 Å². The van der Waals surface area contributed by atoms with Gasteiger partial charge >= 0.3 is 0 Å². The number of aromatic hydroxyl groups is 1. The fraction of sp³-hybridized carbons (Fsp3) is 0.400. The lowest BCUT2D eigenvalue weighted by Crippen LogP contribution is -2.30. The molecular weight excluding hydrogens is 242 g/mol. The number of amides is 1. The molecule has 0 spiro atoms. The molecule has 104 valence electrons. The van der Waals surface area contributed by atoms with Crippen LogP contribution in [0.15, 0.2) is 24.8 Å². The smallest absolute Gasteiger partial charge is 0.257 e. The largest absolute Gasteiger partial charge is 0.507 e. The Labute approximate surface area is 115 Å². The average Bonchev–Trinajstić information content (AvgIpc) is 2.43. The van der Waals surface area contributed by atoms with E-state index in [1.165, 1.54) is 13.2 Å². The van der Waals surface area contributed by atoms with E-state index in [1.54, 1.807) is 11.0 Å². The van der Waals surface area contributed by atoms with Crippen molar-refractivity contribution in [3.05, 3.63) is 35.9 Å². The molecule has 19 heavy (non-hydrogen) atoms. The summed E-state index contributed by atoms with van der Waals surface area (Å²) < 4.78 is 13.1. The van der Waals surface area contributed by atoms with E-state index in [-0.39, 0.29) is 23.3 Å². The number of hydrogen-bond donors (Lipinski definition) is 1. The predicted octanol–water partition coefficient (Wildman–Crippen LogP) is 2.61. The quantitative estimate of drug-likeness (QED) is 0.803. The van der Waals surface area contributed by atoms with Gasteiger partial charge in [-0.2, -0.15) is 0 Å². The number of carbonyl (C=O) groups is 1. The molecule has 0 aliphatic rings. The van der Waals surface area contributed by atoms with E-state index in [2.05, 4.69) is 6.58 Å². The Balaban J connectivity index is 3.43. The zero-order valence-corrected chi connectivity index (χ0v) is 11.7. The van der Waals surface area contributed by atoms with Gasteiger partial charge in [0, 0.05) is 18.7 Å². The molecule has 0 heterocycles. The Morgan fingerprint density at radius 2 is 2.21 bits per heavy atom. The van der Waals surface area contributed by atoms with Gasteiger partial charge in [0.15, 0.2) is 0 Å². The van der Waals surface area contributed by atoms with Gasteiger partial charge in [-0.05, 0) is 32.4 Å². The lowest BCUT2D eigenvalue weighted by atomic mass is 10.0. The number of benzene rings is 1. The summed E-state index contributed by atoms with van der Waals surface area (Å²) in [5.74, 6) is -0.139. The summed E-state index contributed by atoms with van der Waals surface area (Å²) in [6.07, 6.45) is 1.99. The minimum atomic E-state index is -0.342. The molecule has 1 aromatic rings. The molecule has 0 aliphatic carbocycles. The standard InChI is InChI=1S/C15H21NO3/c1-5-8-11-13(19-4)10-9-12(14(11)17)15(18)16(6-2)7-3/h5,9-10,17H,1,6-8H2,2-4H3/i9D. The number of ether oxygens (including phenoxy) is 1. The SMILES string of the molecule is [2H]c1cc(OC)c(CC=C)c(O)c1C(=O)N(CC)CC. The van der Waals surface area contributed by atoms with Crippen LogP contribution in [0.25, 0.3) is 0 Å². The molecule has 0 fully saturated rings. The Bertz CT molecular complexity index is 510. The first-order valence-corrected chi connectivity index (χ1v) is 6.31. The number of phenols is 1. The molecule has 0 bridgehead atoms. The van der Waals surface area contributed by atoms with Crippen molar-refractivity contribution in [2.45, 2.75) is 20.3 Å². The van der Waals surface area contributed by atoms with Crippen LogP contribution in [0.3, 0.4) is 0 Å². The molecule has 0 atom stereocenters. The maximum atomic E-state index is 12.4. The first-order valence-electron chi connectivity index (χ1n) is 6.81. The summed E-state index contributed by atoms with van der Waals surface area (Å²) in [4.78, 5) is 14.0. The third-order valence-electron chi connectivity index (χ3n) is 3.00. The normalized spacial score (nSPS) is 10.8. The van der Waals surface area contributed by atoms with Gasteiger partial charge in [0.1, 0.15) is 11.5 Å². The molecule has 1 N–H and O–H groups in total. The molecule has 0 saturated heterocycles. The topological polar surface area (TPSA) is 49.8 Å². The number of nitrogens with zero attached hydrogens (tertiary/aromatic N) is 1. The van der Waals surface area contributed by atoms with Gasteiger partial charge in [-0.1, -0.05) is 6.08 Å². The van der Waals surface area contributed by atoms with E-state index in [0.29, 0.717) is 30.8 Å². The van der Waals surface area contributed by atoms with E-state index in [0.717, 1.165) is 0 Å². The predicted molar refractivity (Wildman–Crippen MR) is 75.8 cm³/mol. The van der Waals surface area contributed by atoms with Crippen LogP contribution in [-0.2, 0) is 6.42 Å². The van der Waals surface area contributed by atoms with Crippen LogP contribution >= 0.6 is 0 Å². The molecule has 0 unspecified atom stereocenters. The first kappa shape index (κ1) is 13.5. The summed E-state index contributed by atoms with van der Waals surface area (Å²) in [6.45, 7) is 8.39. The highest BCUT2D eigenvalue weighted by Gasteiger charge is 2.20. The Kier molecular flexibility index (Phi) is 4.84. The number of rotatable bonds is 6. The van der Waals surface area contributed by atoms with Crippen LogP contribution in [-0.4, -0.2) is 36.1 Å². The zero-order chi connectivity index (χ0) is 15.3. The molecule has 0 saturated carbocycles. The highest BCUT2D eigenvalue weighted by molar-refractivity contribution is 5.97. The van der Waals surface area contributed by atoms with Crippen molar-refractivity contribution in [1.29, 1.82) is 0 Å². The maximum absolute atomic E-state index is 12.4. The summed E-state index contributed by atoms with van der Waals surface area (Å²) >= 11 is 0. The van der Waals surface area contributed by atoms with E-state index in [1.807, 2.05) is 13.8 Å². The maximum Gasteiger partial charge on any atom is 0.257 e. The van der Waals surface area contributed by atoms with Crippen molar-refractivity contribution in [2.24, 2.45) is 0 Å². The van der Waals surface area contributed by atoms with Crippen LogP contribution in [0.5, 0.6) is 11.5 Å². The third kappa shape index (κ3) is 3.08. The van der Waals surface area contributed by atoms with Gasteiger partial charge in [0.25, 0.3) is 5.91 Å². The van der Waals surface area contributed by atoms with E-state index >= 15 is 0 Å². The minimum Gasteiger partial charge on any atom is -0.507 e. The second-order valence-corrected chi connectivity index (χ2v) is 4.03. The van der Waals surface area contributed by atoms with E-state index in [9.17, 15) is 9.90 Å². The summed E-state index contributed by atoms with van der Waals surface area (Å²) in [5.41, 5.74) is 0.500. The van der Waals surface area contributed by atoms with Gasteiger partial charge in [0.2, 0.25) is 0 Å². The fourth-order valence-corrected chi connectivity index (χ4v) is 1.92. The van der Waals surface area contributed by atoms with Crippen molar-refractivity contribution < 1.29 is 16.0 Å². The number of methoxy groups -OCH3 is 1. The van der Waals surface area contributed by atoms with Gasteiger partial charge < -0.3 is 14.7 Å².